The van der Waals surface area contributed by atoms with Crippen LogP contribution in [0, 0.1) is 19.7 Å². The summed E-state index contributed by atoms with van der Waals surface area (Å²) in [4.78, 5) is 35.9. The van der Waals surface area contributed by atoms with Gasteiger partial charge in [0, 0.05) is 54.6 Å². The number of anilines is 2. The van der Waals surface area contributed by atoms with Crippen LogP contribution in [0.3, 0.4) is 0 Å². The van der Waals surface area contributed by atoms with Crippen molar-refractivity contribution < 1.29 is 19.4 Å². The zero-order chi connectivity index (χ0) is 39.6. The highest BCUT2D eigenvalue weighted by atomic mass is 19.1. The molecule has 2 aromatic heterocycles. The summed E-state index contributed by atoms with van der Waals surface area (Å²) < 4.78 is 13.2. The number of nitrogens with two attached hydrogens (primary N) is 1. The van der Waals surface area contributed by atoms with Crippen LogP contribution in [-0.4, -0.2) is 74.3 Å². The average Bonchev–Trinajstić information content (AvgIpc) is 3.86. The van der Waals surface area contributed by atoms with E-state index in [-0.39, 0.29) is 35.3 Å². The zero-order valence-corrected chi connectivity index (χ0v) is 31.7. The van der Waals surface area contributed by atoms with E-state index in [1.54, 1.807) is 30.3 Å². The van der Waals surface area contributed by atoms with Crippen molar-refractivity contribution in [2.75, 3.05) is 36.0 Å². The average molecular weight is 763 g/mol. The van der Waals surface area contributed by atoms with E-state index in [1.165, 1.54) is 24.3 Å². The minimum absolute atomic E-state index is 0.0633. The van der Waals surface area contributed by atoms with Crippen LogP contribution < -0.4 is 20.9 Å². The molecule has 2 atom stereocenters. The smallest absolute Gasteiger partial charge is 0.251 e. The predicted molar refractivity (Wildman–Crippen MR) is 222 cm³/mol. The number of hydrogen-bond donors (Lipinski definition) is 4. The molecule has 1 amide bonds. The highest BCUT2D eigenvalue weighted by Crippen LogP contribution is 2.35. The van der Waals surface area contributed by atoms with E-state index in [2.05, 4.69) is 38.3 Å². The van der Waals surface area contributed by atoms with Crippen molar-refractivity contribution in [3.05, 3.63) is 132 Å². The van der Waals surface area contributed by atoms with Crippen LogP contribution >= 0.6 is 0 Å². The van der Waals surface area contributed by atoms with E-state index in [1.807, 2.05) is 50.2 Å². The number of para-hydroxylation sites is 2. The molecular weight excluding hydrogens is 720 g/mol. The molecule has 7 aromatic rings. The van der Waals surface area contributed by atoms with E-state index in [0.717, 1.165) is 70.5 Å². The number of carbonyl (C=O) groups is 1. The first kappa shape index (κ1) is 37.3. The maximum atomic E-state index is 13.2. The van der Waals surface area contributed by atoms with Gasteiger partial charge in [-0.1, -0.05) is 36.4 Å². The van der Waals surface area contributed by atoms with Gasteiger partial charge in [-0.15, -0.1) is 0 Å². The van der Waals surface area contributed by atoms with E-state index < -0.39 is 0 Å². The predicted octanol–water partition coefficient (Wildman–Crippen LogP) is 7.31. The first-order chi connectivity index (χ1) is 27.6. The van der Waals surface area contributed by atoms with Gasteiger partial charge in [-0.2, -0.15) is 0 Å². The Bertz CT molecular complexity index is 2600. The van der Waals surface area contributed by atoms with Crippen molar-refractivity contribution in [2.45, 2.75) is 38.8 Å². The SMILES string of the molecule is Cc1ccc2c(N3CC[C@@H](N)C3)nc(-c3ccccc3O)nc2c1.Cc1ccc2c(N3CC[C@@H](NC(=O)c4ccc(F)cc4)C3)nc(-c3ccccc3O)nc2c1. The molecule has 12 heteroatoms. The second-order valence-electron chi connectivity index (χ2n) is 14.7. The van der Waals surface area contributed by atoms with Crippen molar-refractivity contribution in [1.82, 2.24) is 25.3 Å². The lowest BCUT2D eigenvalue weighted by molar-refractivity contribution is 0.0940. The number of benzene rings is 5. The maximum absolute atomic E-state index is 13.2. The molecule has 57 heavy (non-hydrogen) atoms. The molecule has 9 rings (SSSR count). The van der Waals surface area contributed by atoms with E-state index in [9.17, 15) is 19.4 Å². The van der Waals surface area contributed by atoms with Crippen LogP contribution in [-0.2, 0) is 0 Å². The number of nitrogens with one attached hydrogen (secondary N) is 1. The number of nitrogens with zero attached hydrogens (tertiary/aromatic N) is 6. The van der Waals surface area contributed by atoms with Gasteiger partial charge in [-0.25, -0.2) is 24.3 Å². The number of amides is 1. The summed E-state index contributed by atoms with van der Waals surface area (Å²) in [6.45, 7) is 7.05. The molecule has 5 N–H and O–H groups in total. The van der Waals surface area contributed by atoms with Gasteiger partial charge in [0.2, 0.25) is 0 Å². The molecular formula is C45H43FN8O3. The topological polar surface area (TPSA) is 154 Å². The minimum atomic E-state index is -0.371. The number of carbonyl (C=O) groups excluding carboxylic acids is 1. The maximum Gasteiger partial charge on any atom is 0.251 e. The lowest BCUT2D eigenvalue weighted by atomic mass is 10.1. The standard InChI is InChI=1S/C26H23FN4O2.C19H20N4O/c1-16-6-11-20-22(14-16)29-24(21-4-2-3-5-23(21)32)30-25(20)31-13-12-19(15-31)28-26(33)17-7-9-18(27)10-8-17;1-12-6-7-14-16(10-12)21-18(15-4-2-3-5-17(15)24)22-19(14)23-9-8-13(20)11-23/h2-11,14,19,32H,12-13,15H2,1H3,(H,28,33);2-7,10,13,24H,8-9,11,20H2,1H3/t19-;13-/m11/s1. The molecule has 5 aromatic carbocycles. The molecule has 0 unspecified atom stereocenters. The molecule has 2 aliphatic heterocycles. The van der Waals surface area contributed by atoms with Gasteiger partial charge in [0.15, 0.2) is 11.6 Å². The third-order valence-corrected chi connectivity index (χ3v) is 10.4. The van der Waals surface area contributed by atoms with Crippen molar-refractivity contribution in [2.24, 2.45) is 5.73 Å². The number of rotatable bonds is 6. The molecule has 288 valence electrons. The van der Waals surface area contributed by atoms with E-state index in [4.69, 9.17) is 20.7 Å². The Hall–Kier alpha value is -6.66. The van der Waals surface area contributed by atoms with Crippen molar-refractivity contribution in [3.8, 4) is 34.3 Å². The number of halogens is 1. The third-order valence-electron chi connectivity index (χ3n) is 10.4. The molecule has 2 saturated heterocycles. The normalized spacial score (nSPS) is 16.5. The van der Waals surface area contributed by atoms with Crippen molar-refractivity contribution in [3.63, 3.8) is 0 Å². The molecule has 0 radical (unpaired) electrons. The second-order valence-corrected chi connectivity index (χ2v) is 14.7. The molecule has 0 spiro atoms. The summed E-state index contributed by atoms with van der Waals surface area (Å²) in [6.07, 6.45) is 1.72. The summed E-state index contributed by atoms with van der Waals surface area (Å²) in [5.74, 6) is 2.39. The van der Waals surface area contributed by atoms with Crippen LogP contribution in [0.4, 0.5) is 16.0 Å². The summed E-state index contributed by atoms with van der Waals surface area (Å²) in [7, 11) is 0. The molecule has 4 heterocycles. The van der Waals surface area contributed by atoms with Crippen molar-refractivity contribution >= 4 is 39.3 Å². The number of fused-ring (bicyclic) bond motifs is 2. The zero-order valence-electron chi connectivity index (χ0n) is 31.7. The number of phenols is 2. The van der Waals surface area contributed by atoms with E-state index >= 15 is 0 Å². The van der Waals surface area contributed by atoms with Crippen LogP contribution in [0.1, 0.15) is 34.3 Å². The fourth-order valence-electron chi connectivity index (χ4n) is 7.41. The van der Waals surface area contributed by atoms with Gasteiger partial charge < -0.3 is 31.1 Å². The van der Waals surface area contributed by atoms with E-state index in [0.29, 0.717) is 41.4 Å². The number of aryl methyl sites for hydroxylation is 2. The highest BCUT2D eigenvalue weighted by Gasteiger charge is 2.28. The summed E-state index contributed by atoms with van der Waals surface area (Å²) in [5, 5.41) is 25.5. The fraction of sp³-hybridized carbons (Fsp3) is 0.222. The Balaban J connectivity index is 0.000000168. The Morgan fingerprint density at radius 2 is 1.19 bits per heavy atom. The molecule has 11 nitrogen and oxygen atoms in total. The van der Waals surface area contributed by atoms with Gasteiger partial charge in [0.1, 0.15) is 29.0 Å². The minimum Gasteiger partial charge on any atom is -0.507 e. The fourth-order valence-corrected chi connectivity index (χ4v) is 7.41. The molecule has 0 saturated carbocycles. The highest BCUT2D eigenvalue weighted by molar-refractivity contribution is 5.95. The quantitative estimate of drug-likeness (QED) is 0.136. The molecule has 0 aliphatic carbocycles. The van der Waals surface area contributed by atoms with Gasteiger partial charge in [0.25, 0.3) is 5.91 Å². The van der Waals surface area contributed by atoms with Crippen LogP contribution in [0.25, 0.3) is 44.6 Å². The Kier molecular flexibility index (Phi) is 10.4. The first-order valence-electron chi connectivity index (χ1n) is 19.0. The largest absolute Gasteiger partial charge is 0.507 e. The van der Waals surface area contributed by atoms with Crippen LogP contribution in [0.5, 0.6) is 11.5 Å². The number of aromatic hydroxyl groups is 2. The van der Waals surface area contributed by atoms with Gasteiger partial charge >= 0.3 is 0 Å². The second kappa shape index (κ2) is 15.8. The lowest BCUT2D eigenvalue weighted by Gasteiger charge is -2.21. The van der Waals surface area contributed by atoms with Gasteiger partial charge in [0.05, 0.1) is 22.2 Å². The van der Waals surface area contributed by atoms with Crippen LogP contribution in [0.15, 0.2) is 109 Å². The molecule has 2 aliphatic rings. The van der Waals surface area contributed by atoms with Crippen molar-refractivity contribution in [1.29, 1.82) is 0 Å². The lowest BCUT2D eigenvalue weighted by Crippen LogP contribution is -2.37. The molecule has 2 fully saturated rings. The van der Waals surface area contributed by atoms with Gasteiger partial charge in [-0.3, -0.25) is 4.79 Å². The number of hydrogen-bond acceptors (Lipinski definition) is 10. The Morgan fingerprint density at radius 3 is 1.70 bits per heavy atom. The van der Waals surface area contributed by atoms with Crippen LogP contribution in [0.2, 0.25) is 0 Å². The summed E-state index contributed by atoms with van der Waals surface area (Å²) in [6, 6.07) is 32.1. The summed E-state index contributed by atoms with van der Waals surface area (Å²) >= 11 is 0. The Morgan fingerprint density at radius 1 is 0.684 bits per heavy atom. The third kappa shape index (κ3) is 8.03. The summed E-state index contributed by atoms with van der Waals surface area (Å²) in [5.41, 5.74) is 11.6. The monoisotopic (exact) mass is 762 g/mol. The number of phenolic OH excluding ortho intramolecular Hbond substituents is 2. The Labute approximate surface area is 329 Å². The number of aromatic nitrogens is 4. The first-order valence-corrected chi connectivity index (χ1v) is 19.0. The molecule has 0 bridgehead atoms. The van der Waals surface area contributed by atoms with Gasteiger partial charge in [-0.05, 0) is 111 Å².